The van der Waals surface area contributed by atoms with Gasteiger partial charge in [-0.15, -0.1) is 11.6 Å². The number of nitrogens with one attached hydrogen (secondary N) is 1. The smallest absolute Gasteiger partial charge is 0.235 e. The standard InChI is InChI=1S/C12H13Cl2NO2/c1-7(15-11(16)6-13)10-5-9(14)4-8-2-3-17-12(8)10/h4-5,7H,2-3,6H2,1H3,(H,15,16). The molecule has 0 aromatic heterocycles. The molecule has 1 heterocycles. The minimum atomic E-state index is -0.203. The molecule has 0 saturated carbocycles. The van der Waals surface area contributed by atoms with E-state index in [9.17, 15) is 4.79 Å². The van der Waals surface area contributed by atoms with Crippen LogP contribution < -0.4 is 10.1 Å². The fourth-order valence-electron chi connectivity index (χ4n) is 1.98. The highest BCUT2D eigenvalue weighted by Gasteiger charge is 2.21. The van der Waals surface area contributed by atoms with Crippen LogP contribution in [-0.4, -0.2) is 18.4 Å². The summed E-state index contributed by atoms with van der Waals surface area (Å²) >= 11 is 11.5. The van der Waals surface area contributed by atoms with Gasteiger partial charge >= 0.3 is 0 Å². The van der Waals surface area contributed by atoms with Crippen molar-refractivity contribution in [3.63, 3.8) is 0 Å². The van der Waals surface area contributed by atoms with Crippen LogP contribution in [0.15, 0.2) is 12.1 Å². The Bertz CT molecular complexity index is 448. The van der Waals surface area contributed by atoms with Gasteiger partial charge in [0.25, 0.3) is 0 Å². The summed E-state index contributed by atoms with van der Waals surface area (Å²) in [6.45, 7) is 2.55. The highest BCUT2D eigenvalue weighted by Crippen LogP contribution is 2.36. The lowest BCUT2D eigenvalue weighted by atomic mass is 10.0. The van der Waals surface area contributed by atoms with Crippen molar-refractivity contribution in [2.24, 2.45) is 0 Å². The first-order valence-electron chi connectivity index (χ1n) is 5.42. The molecule has 17 heavy (non-hydrogen) atoms. The largest absolute Gasteiger partial charge is 0.493 e. The average molecular weight is 274 g/mol. The molecule has 1 N–H and O–H groups in total. The molecule has 0 bridgehead atoms. The summed E-state index contributed by atoms with van der Waals surface area (Å²) < 4.78 is 5.58. The lowest BCUT2D eigenvalue weighted by Gasteiger charge is -2.17. The number of fused-ring (bicyclic) bond motifs is 1. The van der Waals surface area contributed by atoms with E-state index in [0.717, 1.165) is 23.3 Å². The second kappa shape index (κ2) is 5.15. The number of carbonyl (C=O) groups excluding carboxylic acids is 1. The Kier molecular flexibility index (Phi) is 3.79. The van der Waals surface area contributed by atoms with Gasteiger partial charge in [0, 0.05) is 17.0 Å². The van der Waals surface area contributed by atoms with Crippen LogP contribution in [0.5, 0.6) is 5.75 Å². The van der Waals surface area contributed by atoms with E-state index in [-0.39, 0.29) is 17.8 Å². The van der Waals surface area contributed by atoms with Crippen molar-refractivity contribution in [1.82, 2.24) is 5.32 Å². The first-order valence-corrected chi connectivity index (χ1v) is 6.33. The molecule has 1 amide bonds. The quantitative estimate of drug-likeness (QED) is 0.860. The number of benzene rings is 1. The molecule has 1 aromatic rings. The van der Waals surface area contributed by atoms with Crippen LogP contribution >= 0.6 is 23.2 Å². The van der Waals surface area contributed by atoms with Gasteiger partial charge in [-0.25, -0.2) is 0 Å². The molecule has 0 radical (unpaired) electrons. The summed E-state index contributed by atoms with van der Waals surface area (Å²) in [7, 11) is 0. The second-order valence-corrected chi connectivity index (χ2v) is 4.71. The van der Waals surface area contributed by atoms with Gasteiger partial charge in [-0.1, -0.05) is 11.6 Å². The van der Waals surface area contributed by atoms with Crippen molar-refractivity contribution in [2.75, 3.05) is 12.5 Å². The van der Waals surface area contributed by atoms with Crippen molar-refractivity contribution < 1.29 is 9.53 Å². The zero-order chi connectivity index (χ0) is 12.4. The molecule has 1 unspecified atom stereocenters. The molecule has 0 fully saturated rings. The minimum absolute atomic E-state index is 0.0477. The van der Waals surface area contributed by atoms with E-state index in [2.05, 4.69) is 5.32 Å². The maximum atomic E-state index is 11.3. The van der Waals surface area contributed by atoms with Crippen LogP contribution in [0.1, 0.15) is 24.1 Å². The van der Waals surface area contributed by atoms with Gasteiger partial charge < -0.3 is 10.1 Å². The number of alkyl halides is 1. The fourth-order valence-corrected chi connectivity index (χ4v) is 2.30. The summed E-state index contributed by atoms with van der Waals surface area (Å²) in [6.07, 6.45) is 0.860. The Morgan fingerprint density at radius 2 is 2.35 bits per heavy atom. The van der Waals surface area contributed by atoms with Crippen LogP contribution in [0.4, 0.5) is 0 Å². The monoisotopic (exact) mass is 273 g/mol. The van der Waals surface area contributed by atoms with E-state index in [1.165, 1.54) is 0 Å². The van der Waals surface area contributed by atoms with Crippen molar-refractivity contribution in [2.45, 2.75) is 19.4 Å². The lowest BCUT2D eigenvalue weighted by molar-refractivity contribution is -0.119. The van der Waals surface area contributed by atoms with Gasteiger partial charge in [-0.3, -0.25) is 4.79 Å². The maximum absolute atomic E-state index is 11.3. The molecule has 0 spiro atoms. The van der Waals surface area contributed by atoms with Gasteiger partial charge in [0.05, 0.1) is 12.6 Å². The highest BCUT2D eigenvalue weighted by atomic mass is 35.5. The number of hydrogen-bond acceptors (Lipinski definition) is 2. The van der Waals surface area contributed by atoms with Crippen molar-refractivity contribution in [3.05, 3.63) is 28.3 Å². The average Bonchev–Trinajstić information content (AvgIpc) is 2.75. The molecule has 1 aromatic carbocycles. The number of hydrogen-bond donors (Lipinski definition) is 1. The molecule has 3 nitrogen and oxygen atoms in total. The summed E-state index contributed by atoms with van der Waals surface area (Å²) in [5.74, 6) is 0.594. The van der Waals surface area contributed by atoms with Crippen LogP contribution in [-0.2, 0) is 11.2 Å². The van der Waals surface area contributed by atoms with Crippen LogP contribution in [0.25, 0.3) is 0 Å². The van der Waals surface area contributed by atoms with E-state index >= 15 is 0 Å². The third kappa shape index (κ3) is 2.67. The van der Waals surface area contributed by atoms with E-state index in [0.29, 0.717) is 11.6 Å². The zero-order valence-electron chi connectivity index (χ0n) is 9.43. The van der Waals surface area contributed by atoms with Crippen LogP contribution in [0.3, 0.4) is 0 Å². The molecule has 0 aliphatic carbocycles. The number of carbonyl (C=O) groups is 1. The summed E-state index contributed by atoms with van der Waals surface area (Å²) in [6, 6.07) is 3.57. The first-order chi connectivity index (χ1) is 8.11. The third-order valence-corrected chi connectivity index (χ3v) is 3.20. The van der Waals surface area contributed by atoms with Crippen molar-refractivity contribution in [1.29, 1.82) is 0 Å². The molecule has 1 atom stereocenters. The van der Waals surface area contributed by atoms with Crippen LogP contribution in [0, 0.1) is 0 Å². The predicted octanol–water partition coefficient (Wildman–Crippen LogP) is 2.69. The van der Waals surface area contributed by atoms with Crippen LogP contribution in [0.2, 0.25) is 5.02 Å². The molecule has 0 saturated heterocycles. The molecular weight excluding hydrogens is 261 g/mol. The normalized spacial score (nSPS) is 15.0. The van der Waals surface area contributed by atoms with E-state index < -0.39 is 0 Å². The molecule has 1 aliphatic heterocycles. The number of rotatable bonds is 3. The molecule has 92 valence electrons. The molecule has 2 rings (SSSR count). The third-order valence-electron chi connectivity index (χ3n) is 2.74. The Balaban J connectivity index is 2.28. The van der Waals surface area contributed by atoms with Crippen molar-refractivity contribution in [3.8, 4) is 5.75 Å². The summed E-state index contributed by atoms with van der Waals surface area (Å²) in [5.41, 5.74) is 2.00. The van der Waals surface area contributed by atoms with Gasteiger partial charge in [-0.05, 0) is 24.6 Å². The van der Waals surface area contributed by atoms with Crippen molar-refractivity contribution >= 4 is 29.1 Å². The fraction of sp³-hybridized carbons (Fsp3) is 0.417. The summed E-state index contributed by atoms with van der Waals surface area (Å²) in [4.78, 5) is 11.3. The SMILES string of the molecule is CC(NC(=O)CCl)c1cc(Cl)cc2c1OCC2. The highest BCUT2D eigenvalue weighted by molar-refractivity contribution is 6.30. The van der Waals surface area contributed by atoms with E-state index in [4.69, 9.17) is 27.9 Å². The Labute approximate surface area is 110 Å². The summed E-state index contributed by atoms with van der Waals surface area (Å²) in [5, 5.41) is 3.46. The van der Waals surface area contributed by atoms with E-state index in [1.54, 1.807) is 0 Å². The zero-order valence-corrected chi connectivity index (χ0v) is 10.9. The maximum Gasteiger partial charge on any atom is 0.235 e. The Morgan fingerprint density at radius 3 is 3.06 bits per heavy atom. The van der Waals surface area contributed by atoms with Gasteiger partial charge in [0.15, 0.2) is 0 Å². The van der Waals surface area contributed by atoms with E-state index in [1.807, 2.05) is 19.1 Å². The first kappa shape index (κ1) is 12.5. The van der Waals surface area contributed by atoms with Gasteiger partial charge in [0.1, 0.15) is 11.6 Å². The Hall–Kier alpha value is -0.930. The number of halogens is 2. The number of amides is 1. The second-order valence-electron chi connectivity index (χ2n) is 4.00. The predicted molar refractivity (Wildman–Crippen MR) is 67.9 cm³/mol. The van der Waals surface area contributed by atoms with Gasteiger partial charge in [-0.2, -0.15) is 0 Å². The lowest BCUT2D eigenvalue weighted by Crippen LogP contribution is -2.27. The Morgan fingerprint density at radius 1 is 1.59 bits per heavy atom. The molecule has 1 aliphatic rings. The minimum Gasteiger partial charge on any atom is -0.493 e. The molecule has 5 heteroatoms. The molecular formula is C12H13Cl2NO2. The topological polar surface area (TPSA) is 38.3 Å². The van der Waals surface area contributed by atoms with Gasteiger partial charge in [0.2, 0.25) is 5.91 Å². The number of ether oxygens (including phenoxy) is 1.